The number of nitrogens with zero attached hydrogens (tertiary/aromatic N) is 2. The van der Waals surface area contributed by atoms with E-state index < -0.39 is 0 Å². The van der Waals surface area contributed by atoms with Gasteiger partial charge in [0.25, 0.3) is 0 Å². The second kappa shape index (κ2) is 4.75. The van der Waals surface area contributed by atoms with Crippen LogP contribution in [0.15, 0.2) is 4.52 Å². The highest BCUT2D eigenvalue weighted by Crippen LogP contribution is 2.32. The Morgan fingerprint density at radius 2 is 2.20 bits per heavy atom. The molecule has 4 nitrogen and oxygen atoms in total. The van der Waals surface area contributed by atoms with Gasteiger partial charge in [-0.2, -0.15) is 4.98 Å². The fraction of sp³-hybridized carbons (Fsp3) is 0.818. The molecule has 1 saturated carbocycles. The van der Waals surface area contributed by atoms with Crippen molar-refractivity contribution in [1.29, 1.82) is 0 Å². The summed E-state index contributed by atoms with van der Waals surface area (Å²) in [7, 11) is 0. The molecule has 0 bridgehead atoms. The van der Waals surface area contributed by atoms with Crippen LogP contribution in [0.1, 0.15) is 56.7 Å². The number of rotatable bonds is 4. The molecule has 0 radical (unpaired) electrons. The van der Waals surface area contributed by atoms with Gasteiger partial charge < -0.3 is 10.3 Å². The van der Waals surface area contributed by atoms with E-state index in [4.69, 9.17) is 10.3 Å². The first-order valence-electron chi connectivity index (χ1n) is 5.87. The van der Waals surface area contributed by atoms with E-state index in [1.54, 1.807) is 0 Å². The Labute approximate surface area is 90.2 Å². The van der Waals surface area contributed by atoms with Gasteiger partial charge in [-0.25, -0.2) is 0 Å². The summed E-state index contributed by atoms with van der Waals surface area (Å²) in [4.78, 5) is 4.42. The van der Waals surface area contributed by atoms with Crippen molar-refractivity contribution in [3.8, 4) is 0 Å². The highest BCUT2D eigenvalue weighted by molar-refractivity contribution is 4.98. The minimum Gasteiger partial charge on any atom is -0.339 e. The first kappa shape index (κ1) is 10.6. The van der Waals surface area contributed by atoms with E-state index in [0.29, 0.717) is 18.2 Å². The highest BCUT2D eigenvalue weighted by atomic mass is 16.5. The average Bonchev–Trinajstić information content (AvgIpc) is 2.85. The SMILES string of the molecule is CCC(N)Cc1nc(C2CCCC2)no1. The fourth-order valence-corrected chi connectivity index (χ4v) is 2.07. The first-order valence-corrected chi connectivity index (χ1v) is 5.87. The maximum Gasteiger partial charge on any atom is 0.228 e. The van der Waals surface area contributed by atoms with Crippen LogP contribution < -0.4 is 5.73 Å². The van der Waals surface area contributed by atoms with Crippen molar-refractivity contribution in [1.82, 2.24) is 10.1 Å². The van der Waals surface area contributed by atoms with Crippen LogP contribution in [0.25, 0.3) is 0 Å². The molecule has 0 aliphatic heterocycles. The van der Waals surface area contributed by atoms with Crippen LogP contribution in [0.4, 0.5) is 0 Å². The molecule has 1 heterocycles. The molecule has 15 heavy (non-hydrogen) atoms. The maximum absolute atomic E-state index is 5.84. The lowest BCUT2D eigenvalue weighted by Gasteiger charge is -2.03. The van der Waals surface area contributed by atoms with Crippen molar-refractivity contribution >= 4 is 0 Å². The molecular weight excluding hydrogens is 190 g/mol. The van der Waals surface area contributed by atoms with Crippen molar-refractivity contribution in [3.05, 3.63) is 11.7 Å². The Kier molecular flexibility index (Phi) is 3.36. The van der Waals surface area contributed by atoms with Gasteiger partial charge in [0.2, 0.25) is 5.89 Å². The number of hydrogen-bond acceptors (Lipinski definition) is 4. The highest BCUT2D eigenvalue weighted by Gasteiger charge is 2.22. The quantitative estimate of drug-likeness (QED) is 0.823. The Bertz CT molecular complexity index is 305. The third-order valence-electron chi connectivity index (χ3n) is 3.17. The van der Waals surface area contributed by atoms with E-state index in [9.17, 15) is 0 Å². The number of hydrogen-bond donors (Lipinski definition) is 1. The molecule has 1 aromatic rings. The molecule has 1 atom stereocenters. The summed E-state index contributed by atoms with van der Waals surface area (Å²) in [5.74, 6) is 2.12. The summed E-state index contributed by atoms with van der Waals surface area (Å²) in [6, 6.07) is 0.141. The zero-order valence-electron chi connectivity index (χ0n) is 9.28. The second-order valence-electron chi connectivity index (χ2n) is 4.40. The van der Waals surface area contributed by atoms with E-state index in [1.165, 1.54) is 25.7 Å². The average molecular weight is 209 g/mol. The molecule has 2 N–H and O–H groups in total. The maximum atomic E-state index is 5.84. The van der Waals surface area contributed by atoms with Gasteiger partial charge in [-0.3, -0.25) is 0 Å². The second-order valence-corrected chi connectivity index (χ2v) is 4.40. The van der Waals surface area contributed by atoms with Crippen LogP contribution in [0.2, 0.25) is 0 Å². The molecule has 84 valence electrons. The molecule has 1 fully saturated rings. The molecule has 1 aliphatic rings. The standard InChI is InChI=1S/C11H19N3O/c1-2-9(12)7-10-13-11(14-15-10)8-5-3-4-6-8/h8-9H,2-7,12H2,1H3. The minimum absolute atomic E-state index is 0.141. The topological polar surface area (TPSA) is 64.9 Å². The number of aromatic nitrogens is 2. The van der Waals surface area contributed by atoms with Crippen LogP contribution in [-0.4, -0.2) is 16.2 Å². The number of nitrogens with two attached hydrogens (primary N) is 1. The van der Waals surface area contributed by atoms with E-state index in [0.717, 1.165) is 12.2 Å². The Balaban J connectivity index is 1.97. The minimum atomic E-state index is 0.141. The molecule has 0 saturated heterocycles. The van der Waals surface area contributed by atoms with E-state index in [1.807, 2.05) is 0 Å². The lowest BCUT2D eigenvalue weighted by molar-refractivity contribution is 0.360. The van der Waals surface area contributed by atoms with Crippen molar-refractivity contribution in [2.45, 2.75) is 57.4 Å². The van der Waals surface area contributed by atoms with E-state index in [-0.39, 0.29) is 6.04 Å². The predicted octanol–water partition coefficient (Wildman–Crippen LogP) is 2.01. The zero-order valence-corrected chi connectivity index (χ0v) is 9.28. The summed E-state index contributed by atoms with van der Waals surface area (Å²) in [5, 5.41) is 4.04. The predicted molar refractivity (Wildman–Crippen MR) is 57.5 cm³/mol. The summed E-state index contributed by atoms with van der Waals surface area (Å²) in [5.41, 5.74) is 5.84. The summed E-state index contributed by atoms with van der Waals surface area (Å²) < 4.78 is 5.21. The van der Waals surface area contributed by atoms with Crippen LogP contribution >= 0.6 is 0 Å². The largest absolute Gasteiger partial charge is 0.339 e. The van der Waals surface area contributed by atoms with Crippen molar-refractivity contribution < 1.29 is 4.52 Å². The van der Waals surface area contributed by atoms with Gasteiger partial charge in [0, 0.05) is 18.4 Å². The Hall–Kier alpha value is -0.900. The third kappa shape index (κ3) is 2.56. The molecule has 0 aromatic carbocycles. The first-order chi connectivity index (χ1) is 7.29. The summed E-state index contributed by atoms with van der Waals surface area (Å²) in [6.45, 7) is 2.07. The molecule has 1 aromatic heterocycles. The molecule has 1 unspecified atom stereocenters. The smallest absolute Gasteiger partial charge is 0.228 e. The van der Waals surface area contributed by atoms with Gasteiger partial charge >= 0.3 is 0 Å². The van der Waals surface area contributed by atoms with Crippen LogP contribution in [0, 0.1) is 0 Å². The van der Waals surface area contributed by atoms with E-state index >= 15 is 0 Å². The lowest BCUT2D eigenvalue weighted by atomic mass is 10.1. The normalized spacial score (nSPS) is 19.6. The van der Waals surface area contributed by atoms with E-state index in [2.05, 4.69) is 17.1 Å². The van der Waals surface area contributed by atoms with Crippen LogP contribution in [-0.2, 0) is 6.42 Å². The fourth-order valence-electron chi connectivity index (χ4n) is 2.07. The third-order valence-corrected chi connectivity index (χ3v) is 3.17. The zero-order chi connectivity index (χ0) is 10.7. The van der Waals surface area contributed by atoms with Crippen molar-refractivity contribution in [2.75, 3.05) is 0 Å². The molecule has 0 spiro atoms. The molecule has 0 amide bonds. The molecular formula is C11H19N3O. The van der Waals surface area contributed by atoms with Gasteiger partial charge in [-0.05, 0) is 19.3 Å². The van der Waals surface area contributed by atoms with Gasteiger partial charge in [0.1, 0.15) is 0 Å². The molecule has 4 heteroatoms. The monoisotopic (exact) mass is 209 g/mol. The Morgan fingerprint density at radius 1 is 1.47 bits per heavy atom. The van der Waals surface area contributed by atoms with Crippen molar-refractivity contribution in [2.24, 2.45) is 5.73 Å². The van der Waals surface area contributed by atoms with Gasteiger partial charge in [0.15, 0.2) is 5.82 Å². The lowest BCUT2D eigenvalue weighted by Crippen LogP contribution is -2.21. The van der Waals surface area contributed by atoms with Gasteiger partial charge in [-0.15, -0.1) is 0 Å². The van der Waals surface area contributed by atoms with Crippen molar-refractivity contribution in [3.63, 3.8) is 0 Å². The molecule has 2 rings (SSSR count). The van der Waals surface area contributed by atoms with Gasteiger partial charge in [-0.1, -0.05) is 24.9 Å². The van der Waals surface area contributed by atoms with Gasteiger partial charge in [0.05, 0.1) is 0 Å². The van der Waals surface area contributed by atoms with Crippen LogP contribution in [0.3, 0.4) is 0 Å². The molecule has 1 aliphatic carbocycles. The summed E-state index contributed by atoms with van der Waals surface area (Å²) >= 11 is 0. The Morgan fingerprint density at radius 3 is 2.87 bits per heavy atom. The van der Waals surface area contributed by atoms with Crippen LogP contribution in [0.5, 0.6) is 0 Å². The summed E-state index contributed by atoms with van der Waals surface area (Å²) in [6.07, 6.45) is 6.65.